The average Bonchev–Trinajstić information content (AvgIpc) is 2.78. The monoisotopic (exact) mass is 288 g/mol. The Kier molecular flexibility index (Phi) is 4.42. The Morgan fingerprint density at radius 2 is 1.90 bits per heavy atom. The third kappa shape index (κ3) is 3.31. The van der Waals surface area contributed by atoms with Crippen LogP contribution in [0.2, 0.25) is 0 Å². The van der Waals surface area contributed by atoms with Crippen molar-refractivity contribution in [3.63, 3.8) is 0 Å². The Bertz CT molecular complexity index is 613. The van der Waals surface area contributed by atoms with Crippen molar-refractivity contribution < 1.29 is 23.8 Å². The molecule has 0 fully saturated rings. The van der Waals surface area contributed by atoms with E-state index in [1.807, 2.05) is 18.2 Å². The summed E-state index contributed by atoms with van der Waals surface area (Å²) in [6, 6.07) is 9.03. The molecule has 1 aromatic carbocycles. The fraction of sp³-hybridized carbons (Fsp3) is 0.250. The maximum Gasteiger partial charge on any atom is 0.341 e. The summed E-state index contributed by atoms with van der Waals surface area (Å²) in [5.74, 6) is -0.604. The third-order valence-electron chi connectivity index (χ3n) is 3.03. The van der Waals surface area contributed by atoms with E-state index in [2.05, 4.69) is 0 Å². The number of cyclic esters (lactones) is 1. The smallest absolute Gasteiger partial charge is 0.341 e. The van der Waals surface area contributed by atoms with Gasteiger partial charge >= 0.3 is 11.9 Å². The van der Waals surface area contributed by atoms with Crippen molar-refractivity contribution in [2.75, 3.05) is 7.11 Å². The van der Waals surface area contributed by atoms with Crippen LogP contribution in [0.3, 0.4) is 0 Å². The van der Waals surface area contributed by atoms with Crippen molar-refractivity contribution in [3.8, 4) is 0 Å². The summed E-state index contributed by atoms with van der Waals surface area (Å²) in [5, 5.41) is 0. The number of ether oxygens (including phenoxy) is 3. The van der Waals surface area contributed by atoms with E-state index in [1.165, 1.54) is 7.11 Å². The van der Waals surface area contributed by atoms with Gasteiger partial charge in [-0.1, -0.05) is 30.3 Å². The van der Waals surface area contributed by atoms with E-state index in [-0.39, 0.29) is 0 Å². The second kappa shape index (κ2) is 6.26. The number of hydrogen-bond acceptors (Lipinski definition) is 5. The largest absolute Gasteiger partial charge is 0.465 e. The van der Waals surface area contributed by atoms with E-state index in [4.69, 9.17) is 14.2 Å². The maximum atomic E-state index is 12.0. The van der Waals surface area contributed by atoms with Crippen molar-refractivity contribution in [1.82, 2.24) is 0 Å². The predicted octanol–water partition coefficient (Wildman–Crippen LogP) is 2.44. The Labute approximate surface area is 122 Å². The number of allylic oxidation sites excluding steroid dienone is 1. The van der Waals surface area contributed by atoms with Crippen LogP contribution in [0.1, 0.15) is 19.4 Å². The molecule has 0 spiro atoms. The van der Waals surface area contributed by atoms with Gasteiger partial charge in [0.1, 0.15) is 11.3 Å². The quantitative estimate of drug-likeness (QED) is 0.484. The standard InChI is InChI=1S/C16H16O5/c1-10-9-13(21-15(10)17)20-11(2)14(16(18)19-3)12-7-5-4-6-8-12/h4-9,13H,1-3H3/b14-11+. The lowest BCUT2D eigenvalue weighted by atomic mass is 10.1. The summed E-state index contributed by atoms with van der Waals surface area (Å²) in [5.41, 5.74) is 1.45. The summed E-state index contributed by atoms with van der Waals surface area (Å²) in [6.45, 7) is 3.28. The molecular weight excluding hydrogens is 272 g/mol. The van der Waals surface area contributed by atoms with Crippen LogP contribution in [0.15, 0.2) is 47.7 Å². The van der Waals surface area contributed by atoms with Crippen molar-refractivity contribution in [2.24, 2.45) is 0 Å². The molecule has 0 radical (unpaired) electrons. The molecule has 21 heavy (non-hydrogen) atoms. The zero-order valence-corrected chi connectivity index (χ0v) is 12.1. The van der Waals surface area contributed by atoms with Gasteiger partial charge in [-0.25, -0.2) is 9.59 Å². The number of carbonyl (C=O) groups is 2. The van der Waals surface area contributed by atoms with Gasteiger partial charge in [0, 0.05) is 11.6 Å². The molecule has 110 valence electrons. The minimum atomic E-state index is -0.819. The molecule has 0 N–H and O–H groups in total. The molecule has 5 nitrogen and oxygen atoms in total. The average molecular weight is 288 g/mol. The molecule has 1 aliphatic heterocycles. The summed E-state index contributed by atoms with van der Waals surface area (Å²) in [7, 11) is 1.30. The van der Waals surface area contributed by atoms with Crippen LogP contribution in [-0.4, -0.2) is 25.3 Å². The van der Waals surface area contributed by atoms with Crippen LogP contribution in [0.25, 0.3) is 5.57 Å². The first kappa shape index (κ1) is 14.8. The van der Waals surface area contributed by atoms with E-state index in [1.54, 1.807) is 32.1 Å². The predicted molar refractivity (Wildman–Crippen MR) is 75.8 cm³/mol. The van der Waals surface area contributed by atoms with Crippen LogP contribution < -0.4 is 0 Å². The zero-order chi connectivity index (χ0) is 15.4. The zero-order valence-electron chi connectivity index (χ0n) is 12.1. The maximum absolute atomic E-state index is 12.0. The summed E-state index contributed by atoms with van der Waals surface area (Å²) in [4.78, 5) is 23.3. The van der Waals surface area contributed by atoms with Crippen LogP contribution in [0, 0.1) is 0 Å². The van der Waals surface area contributed by atoms with Crippen molar-refractivity contribution in [1.29, 1.82) is 0 Å². The van der Waals surface area contributed by atoms with Gasteiger partial charge in [-0.05, 0) is 19.4 Å². The molecule has 2 rings (SSSR count). The lowest BCUT2D eigenvalue weighted by molar-refractivity contribution is -0.153. The number of methoxy groups -OCH3 is 1. The number of carbonyl (C=O) groups excluding carboxylic acids is 2. The first-order valence-corrected chi connectivity index (χ1v) is 6.43. The highest BCUT2D eigenvalue weighted by molar-refractivity contribution is 6.17. The third-order valence-corrected chi connectivity index (χ3v) is 3.03. The molecule has 0 aliphatic carbocycles. The molecule has 1 aromatic rings. The Morgan fingerprint density at radius 3 is 2.43 bits per heavy atom. The number of rotatable bonds is 4. The summed E-state index contributed by atoms with van der Waals surface area (Å²) in [6.07, 6.45) is 0.743. The van der Waals surface area contributed by atoms with Crippen LogP contribution in [0.4, 0.5) is 0 Å². The number of benzene rings is 1. The number of hydrogen-bond donors (Lipinski definition) is 0. The lowest BCUT2D eigenvalue weighted by Crippen LogP contribution is -2.14. The normalized spacial score (nSPS) is 18.5. The van der Waals surface area contributed by atoms with E-state index in [9.17, 15) is 9.59 Å². The van der Waals surface area contributed by atoms with Gasteiger partial charge in [0.2, 0.25) is 0 Å². The Balaban J connectivity index is 2.31. The van der Waals surface area contributed by atoms with E-state index in [0.29, 0.717) is 22.5 Å². The second-order valence-corrected chi connectivity index (χ2v) is 4.53. The van der Waals surface area contributed by atoms with E-state index < -0.39 is 18.2 Å². The van der Waals surface area contributed by atoms with Gasteiger partial charge < -0.3 is 14.2 Å². The highest BCUT2D eigenvalue weighted by Gasteiger charge is 2.25. The molecule has 5 heteroatoms. The molecule has 0 saturated carbocycles. The van der Waals surface area contributed by atoms with Gasteiger partial charge in [0.05, 0.1) is 7.11 Å². The fourth-order valence-electron chi connectivity index (χ4n) is 1.97. The van der Waals surface area contributed by atoms with Gasteiger partial charge in [-0.2, -0.15) is 0 Å². The topological polar surface area (TPSA) is 61.8 Å². The molecule has 0 saturated heterocycles. The molecule has 0 aromatic heterocycles. The Morgan fingerprint density at radius 1 is 1.24 bits per heavy atom. The summed E-state index contributed by atoms with van der Waals surface area (Å²) >= 11 is 0. The molecule has 1 heterocycles. The first-order chi connectivity index (χ1) is 10.0. The van der Waals surface area contributed by atoms with Gasteiger partial charge in [0.15, 0.2) is 0 Å². The number of esters is 2. The van der Waals surface area contributed by atoms with Gasteiger partial charge in [-0.3, -0.25) is 0 Å². The Hall–Kier alpha value is -2.56. The molecular formula is C16H16O5. The van der Waals surface area contributed by atoms with E-state index >= 15 is 0 Å². The SMILES string of the molecule is COC(=O)/C(=C(\C)OC1C=C(C)C(=O)O1)c1ccccc1. The lowest BCUT2D eigenvalue weighted by Gasteiger charge is -2.15. The van der Waals surface area contributed by atoms with Crippen LogP contribution >= 0.6 is 0 Å². The van der Waals surface area contributed by atoms with Crippen LogP contribution in [-0.2, 0) is 23.8 Å². The first-order valence-electron chi connectivity index (χ1n) is 6.43. The molecule has 0 bridgehead atoms. The van der Waals surface area contributed by atoms with Crippen molar-refractivity contribution in [2.45, 2.75) is 20.1 Å². The molecule has 0 amide bonds. The highest BCUT2D eigenvalue weighted by Crippen LogP contribution is 2.24. The molecule has 1 atom stereocenters. The minimum absolute atomic E-state index is 0.298. The van der Waals surface area contributed by atoms with Gasteiger partial charge in [-0.15, -0.1) is 0 Å². The minimum Gasteiger partial charge on any atom is -0.465 e. The van der Waals surface area contributed by atoms with Crippen molar-refractivity contribution >= 4 is 17.5 Å². The van der Waals surface area contributed by atoms with E-state index in [0.717, 1.165) is 0 Å². The molecule has 1 unspecified atom stereocenters. The van der Waals surface area contributed by atoms with Crippen LogP contribution in [0.5, 0.6) is 0 Å². The van der Waals surface area contributed by atoms with Crippen molar-refractivity contribution in [3.05, 3.63) is 53.3 Å². The molecule has 1 aliphatic rings. The summed E-state index contributed by atoms with van der Waals surface area (Å²) < 4.78 is 15.3. The highest BCUT2D eigenvalue weighted by atomic mass is 16.7. The fourth-order valence-corrected chi connectivity index (χ4v) is 1.97. The van der Waals surface area contributed by atoms with Gasteiger partial charge in [0.25, 0.3) is 6.29 Å². The second-order valence-electron chi connectivity index (χ2n) is 4.53.